The molecule has 1 aliphatic rings. The van der Waals surface area contributed by atoms with Gasteiger partial charge in [-0.1, -0.05) is 6.92 Å². The summed E-state index contributed by atoms with van der Waals surface area (Å²) in [4.78, 5) is 11.5. The first-order chi connectivity index (χ1) is 6.74. The van der Waals surface area contributed by atoms with Crippen molar-refractivity contribution in [1.29, 1.82) is 0 Å². The predicted molar refractivity (Wildman–Crippen MR) is 56.5 cm³/mol. The molecule has 3 nitrogen and oxygen atoms in total. The van der Waals surface area contributed by atoms with Crippen molar-refractivity contribution in [2.45, 2.75) is 31.6 Å². The van der Waals surface area contributed by atoms with Crippen molar-refractivity contribution in [1.82, 2.24) is 5.32 Å². The normalized spacial score (nSPS) is 23.4. The molecule has 0 aromatic rings. The molecule has 1 rings (SSSR count). The van der Waals surface area contributed by atoms with Crippen LogP contribution in [0.15, 0.2) is 0 Å². The van der Waals surface area contributed by atoms with E-state index in [2.05, 4.69) is 5.32 Å². The maximum absolute atomic E-state index is 11.5. The molecule has 1 aliphatic heterocycles. The lowest BCUT2D eigenvalue weighted by molar-refractivity contribution is -0.124. The average molecular weight is 220 g/mol. The summed E-state index contributed by atoms with van der Waals surface area (Å²) in [6.45, 7) is 4.01. The van der Waals surface area contributed by atoms with Crippen LogP contribution in [0.3, 0.4) is 0 Å². The van der Waals surface area contributed by atoms with E-state index in [-0.39, 0.29) is 17.2 Å². The molecular formula is C10H18ClNO2. The number of halogens is 1. The van der Waals surface area contributed by atoms with Crippen LogP contribution in [0.5, 0.6) is 0 Å². The highest BCUT2D eigenvalue weighted by molar-refractivity contribution is 6.20. The topological polar surface area (TPSA) is 38.3 Å². The summed E-state index contributed by atoms with van der Waals surface area (Å²) in [7, 11) is 0. The van der Waals surface area contributed by atoms with Gasteiger partial charge in [0.15, 0.2) is 0 Å². The van der Waals surface area contributed by atoms with Gasteiger partial charge in [-0.2, -0.15) is 0 Å². The molecule has 1 heterocycles. The summed E-state index contributed by atoms with van der Waals surface area (Å²) in [5.74, 6) is 0.174. The molecule has 0 aromatic heterocycles. The fraction of sp³-hybridized carbons (Fsp3) is 0.900. The van der Waals surface area contributed by atoms with Gasteiger partial charge in [-0.25, -0.2) is 0 Å². The van der Waals surface area contributed by atoms with Crippen molar-refractivity contribution in [2.75, 3.05) is 19.8 Å². The molecule has 0 radical (unpaired) electrons. The number of ether oxygens (including phenoxy) is 1. The monoisotopic (exact) mass is 219 g/mol. The Morgan fingerprint density at radius 3 is 3.07 bits per heavy atom. The molecule has 82 valence electrons. The number of carbonyl (C=O) groups excluding carboxylic acids is 1. The van der Waals surface area contributed by atoms with E-state index in [9.17, 15) is 4.79 Å². The first-order valence-corrected chi connectivity index (χ1v) is 5.67. The first kappa shape index (κ1) is 11.8. The summed E-state index contributed by atoms with van der Waals surface area (Å²) in [6, 6.07) is 0. The van der Waals surface area contributed by atoms with Crippen LogP contribution in [0.25, 0.3) is 0 Å². The minimum absolute atomic E-state index is 0.0606. The number of hydrogen-bond donors (Lipinski definition) is 1. The van der Waals surface area contributed by atoms with Gasteiger partial charge >= 0.3 is 0 Å². The molecular weight excluding hydrogens is 202 g/mol. The third-order valence-corrected chi connectivity index (χ3v) is 3.03. The molecule has 0 spiro atoms. The standard InChI is InChI=1S/C10H18ClNO2/c1-2-9(11)3-5-12-10(13)8-4-6-14-7-8/h8-9H,2-7H2,1H3,(H,12,13). The number of hydrogen-bond acceptors (Lipinski definition) is 2. The lowest BCUT2D eigenvalue weighted by atomic mass is 10.1. The minimum atomic E-state index is 0.0606. The van der Waals surface area contributed by atoms with Gasteiger partial charge in [0.25, 0.3) is 0 Å². The van der Waals surface area contributed by atoms with Crippen molar-refractivity contribution >= 4 is 17.5 Å². The van der Waals surface area contributed by atoms with Gasteiger partial charge in [0.05, 0.1) is 12.5 Å². The van der Waals surface area contributed by atoms with Gasteiger partial charge in [-0.3, -0.25) is 4.79 Å². The Labute approximate surface area is 90.1 Å². The zero-order valence-electron chi connectivity index (χ0n) is 8.59. The first-order valence-electron chi connectivity index (χ1n) is 5.23. The van der Waals surface area contributed by atoms with E-state index in [1.54, 1.807) is 0 Å². The molecule has 0 aliphatic carbocycles. The fourth-order valence-electron chi connectivity index (χ4n) is 1.44. The third-order valence-electron chi connectivity index (χ3n) is 2.50. The molecule has 4 heteroatoms. The Bertz CT molecular complexity index is 181. The second kappa shape index (κ2) is 6.25. The molecule has 14 heavy (non-hydrogen) atoms. The maximum Gasteiger partial charge on any atom is 0.225 e. The predicted octanol–water partition coefficient (Wildman–Crippen LogP) is 1.55. The van der Waals surface area contributed by atoms with Crippen molar-refractivity contribution in [3.63, 3.8) is 0 Å². The van der Waals surface area contributed by atoms with Crippen LogP contribution in [-0.2, 0) is 9.53 Å². The van der Waals surface area contributed by atoms with Crippen molar-refractivity contribution in [2.24, 2.45) is 5.92 Å². The molecule has 1 N–H and O–H groups in total. The second-order valence-corrected chi connectivity index (χ2v) is 4.26. The Morgan fingerprint density at radius 2 is 2.50 bits per heavy atom. The van der Waals surface area contributed by atoms with Gasteiger partial charge < -0.3 is 10.1 Å². The SMILES string of the molecule is CCC(Cl)CCNC(=O)C1CCOC1. The minimum Gasteiger partial charge on any atom is -0.381 e. The van der Waals surface area contributed by atoms with E-state index >= 15 is 0 Å². The molecule has 1 fully saturated rings. The van der Waals surface area contributed by atoms with Gasteiger partial charge in [0.1, 0.15) is 0 Å². The summed E-state index contributed by atoms with van der Waals surface area (Å²) < 4.78 is 5.14. The number of carbonyl (C=O) groups is 1. The second-order valence-electron chi connectivity index (χ2n) is 3.65. The quantitative estimate of drug-likeness (QED) is 0.713. The highest BCUT2D eigenvalue weighted by Crippen LogP contribution is 2.12. The molecule has 2 atom stereocenters. The summed E-state index contributed by atoms with van der Waals surface area (Å²) >= 11 is 5.93. The van der Waals surface area contributed by atoms with Crippen LogP contribution < -0.4 is 5.32 Å². The van der Waals surface area contributed by atoms with E-state index < -0.39 is 0 Å². The summed E-state index contributed by atoms with van der Waals surface area (Å²) in [5, 5.41) is 3.06. The van der Waals surface area contributed by atoms with Crippen LogP contribution in [0.4, 0.5) is 0 Å². The van der Waals surface area contributed by atoms with Crippen LogP contribution in [0.2, 0.25) is 0 Å². The number of nitrogens with one attached hydrogen (secondary N) is 1. The van der Waals surface area contributed by atoms with Crippen LogP contribution in [-0.4, -0.2) is 31.0 Å². The molecule has 2 unspecified atom stereocenters. The van der Waals surface area contributed by atoms with E-state index in [1.165, 1.54) is 0 Å². The molecule has 1 amide bonds. The van der Waals surface area contributed by atoms with Crippen molar-refractivity contribution in [3.8, 4) is 0 Å². The van der Waals surface area contributed by atoms with Gasteiger partial charge in [0, 0.05) is 18.5 Å². The van der Waals surface area contributed by atoms with E-state index in [1.807, 2.05) is 6.92 Å². The van der Waals surface area contributed by atoms with Gasteiger partial charge in [-0.15, -0.1) is 11.6 Å². The lowest BCUT2D eigenvalue weighted by Crippen LogP contribution is -2.32. The van der Waals surface area contributed by atoms with Crippen LogP contribution in [0, 0.1) is 5.92 Å². The highest BCUT2D eigenvalue weighted by atomic mass is 35.5. The van der Waals surface area contributed by atoms with Crippen molar-refractivity contribution in [3.05, 3.63) is 0 Å². The van der Waals surface area contributed by atoms with E-state index in [4.69, 9.17) is 16.3 Å². The Balaban J connectivity index is 2.08. The Hall–Kier alpha value is -0.280. The Kier molecular flexibility index (Phi) is 5.26. The zero-order chi connectivity index (χ0) is 10.4. The molecule has 0 bridgehead atoms. The number of amides is 1. The summed E-state index contributed by atoms with van der Waals surface area (Å²) in [5.41, 5.74) is 0. The lowest BCUT2D eigenvalue weighted by Gasteiger charge is -2.10. The van der Waals surface area contributed by atoms with Gasteiger partial charge in [-0.05, 0) is 19.3 Å². The van der Waals surface area contributed by atoms with E-state index in [0.29, 0.717) is 19.8 Å². The highest BCUT2D eigenvalue weighted by Gasteiger charge is 2.22. The average Bonchev–Trinajstić information content (AvgIpc) is 2.70. The maximum atomic E-state index is 11.5. The zero-order valence-corrected chi connectivity index (χ0v) is 9.35. The fourth-order valence-corrected chi connectivity index (χ4v) is 1.55. The molecule has 0 saturated carbocycles. The van der Waals surface area contributed by atoms with Gasteiger partial charge in [0.2, 0.25) is 5.91 Å². The summed E-state index contributed by atoms with van der Waals surface area (Å²) in [6.07, 6.45) is 2.64. The van der Waals surface area contributed by atoms with Crippen LogP contribution >= 0.6 is 11.6 Å². The smallest absolute Gasteiger partial charge is 0.225 e. The van der Waals surface area contributed by atoms with Crippen molar-refractivity contribution < 1.29 is 9.53 Å². The molecule has 0 aromatic carbocycles. The Morgan fingerprint density at radius 1 is 1.71 bits per heavy atom. The third kappa shape index (κ3) is 3.84. The van der Waals surface area contributed by atoms with Crippen LogP contribution in [0.1, 0.15) is 26.2 Å². The number of alkyl halides is 1. The molecule has 1 saturated heterocycles. The number of rotatable bonds is 5. The van der Waals surface area contributed by atoms with E-state index in [0.717, 1.165) is 19.3 Å². The largest absolute Gasteiger partial charge is 0.381 e.